The third-order valence-electron chi connectivity index (χ3n) is 2.86. The van der Waals surface area contributed by atoms with Crippen LogP contribution in [0.4, 0.5) is 15.8 Å². The lowest BCUT2D eigenvalue weighted by Gasteiger charge is -2.17. The minimum atomic E-state index is -0.680. The van der Waals surface area contributed by atoms with E-state index in [0.29, 0.717) is 0 Å². The number of benzene rings is 1. The van der Waals surface area contributed by atoms with Gasteiger partial charge in [-0.3, -0.25) is 10.1 Å². The molecule has 2 aromatic rings. The summed E-state index contributed by atoms with van der Waals surface area (Å²) in [5, 5.41) is 15.7. The van der Waals surface area contributed by atoms with Crippen LogP contribution < -0.4 is 5.32 Å². The summed E-state index contributed by atoms with van der Waals surface area (Å²) in [5.74, 6) is -0.680. The zero-order chi connectivity index (χ0) is 14.7. The molecule has 106 valence electrons. The smallest absolute Gasteiger partial charge is 0.294 e. The zero-order valence-electron chi connectivity index (χ0n) is 10.6. The molecule has 1 heterocycles. The highest BCUT2D eigenvalue weighted by atomic mass is 35.5. The van der Waals surface area contributed by atoms with E-state index < -0.39 is 10.7 Å². The molecule has 1 unspecified atom stereocenters. The fourth-order valence-electron chi connectivity index (χ4n) is 1.85. The van der Waals surface area contributed by atoms with Gasteiger partial charge in [-0.25, -0.2) is 4.39 Å². The number of nitrogens with one attached hydrogen (secondary N) is 1. The van der Waals surface area contributed by atoms with Crippen LogP contribution in [0.5, 0.6) is 0 Å². The quantitative estimate of drug-likeness (QED) is 0.623. The summed E-state index contributed by atoms with van der Waals surface area (Å²) in [6, 6.07) is 5.83. The lowest BCUT2D eigenvalue weighted by atomic mass is 10.1. The molecule has 1 aromatic carbocycles. The van der Waals surface area contributed by atoms with Gasteiger partial charge in [0.25, 0.3) is 5.69 Å². The van der Waals surface area contributed by atoms with Crippen molar-refractivity contribution in [2.24, 2.45) is 0 Å². The lowest BCUT2D eigenvalue weighted by molar-refractivity contribution is -0.384. The van der Waals surface area contributed by atoms with Crippen molar-refractivity contribution in [2.45, 2.75) is 19.4 Å². The Balaban J connectivity index is 2.37. The molecule has 0 fully saturated rings. The van der Waals surface area contributed by atoms with Gasteiger partial charge in [-0.1, -0.05) is 24.6 Å². The van der Waals surface area contributed by atoms with E-state index in [4.69, 9.17) is 11.6 Å². The third-order valence-corrected chi connectivity index (χ3v) is 4.14. The molecule has 0 bridgehead atoms. The van der Waals surface area contributed by atoms with Gasteiger partial charge in [0.1, 0.15) is 11.5 Å². The van der Waals surface area contributed by atoms with Crippen molar-refractivity contribution in [3.05, 3.63) is 55.5 Å². The third kappa shape index (κ3) is 3.08. The molecule has 0 amide bonds. The Kier molecular flexibility index (Phi) is 4.57. The van der Waals surface area contributed by atoms with Crippen LogP contribution in [0, 0.1) is 15.9 Å². The molecule has 2 rings (SSSR count). The number of thiophene rings is 1. The van der Waals surface area contributed by atoms with Crippen molar-refractivity contribution in [2.75, 3.05) is 5.32 Å². The number of nitro benzene ring substituents is 1. The SMILES string of the molecule is CCC(Nc1cc(F)c(Cl)cc1[N+](=O)[O-])c1cccs1. The second-order valence-electron chi connectivity index (χ2n) is 4.16. The summed E-state index contributed by atoms with van der Waals surface area (Å²) in [4.78, 5) is 11.5. The first kappa shape index (κ1) is 14.7. The van der Waals surface area contributed by atoms with Gasteiger partial charge in [-0.2, -0.15) is 0 Å². The van der Waals surface area contributed by atoms with Crippen LogP contribution >= 0.6 is 22.9 Å². The summed E-state index contributed by atoms with van der Waals surface area (Å²) in [6.07, 6.45) is 0.724. The highest BCUT2D eigenvalue weighted by molar-refractivity contribution is 7.10. The molecule has 1 aromatic heterocycles. The number of anilines is 1. The fraction of sp³-hybridized carbons (Fsp3) is 0.231. The van der Waals surface area contributed by atoms with Gasteiger partial charge in [0, 0.05) is 17.0 Å². The first-order valence-electron chi connectivity index (χ1n) is 5.96. The maximum absolute atomic E-state index is 13.5. The Morgan fingerprint density at radius 2 is 2.30 bits per heavy atom. The number of hydrogen-bond donors (Lipinski definition) is 1. The van der Waals surface area contributed by atoms with Crippen LogP contribution in [0.1, 0.15) is 24.3 Å². The number of nitro groups is 1. The number of halogens is 2. The Labute approximate surface area is 124 Å². The van der Waals surface area contributed by atoms with Crippen LogP contribution in [-0.4, -0.2) is 4.92 Å². The molecule has 4 nitrogen and oxygen atoms in total. The molecule has 0 saturated heterocycles. The van der Waals surface area contributed by atoms with Gasteiger partial charge in [0.15, 0.2) is 0 Å². The van der Waals surface area contributed by atoms with Crippen LogP contribution in [0.25, 0.3) is 0 Å². The van der Waals surface area contributed by atoms with Crippen LogP contribution in [0.3, 0.4) is 0 Å². The van der Waals surface area contributed by atoms with Crippen molar-refractivity contribution in [1.29, 1.82) is 0 Å². The molecule has 0 aliphatic rings. The zero-order valence-corrected chi connectivity index (χ0v) is 12.2. The van der Waals surface area contributed by atoms with E-state index in [-0.39, 0.29) is 22.4 Å². The molecule has 0 aliphatic heterocycles. The van der Waals surface area contributed by atoms with E-state index in [9.17, 15) is 14.5 Å². The largest absolute Gasteiger partial charge is 0.372 e. The van der Waals surface area contributed by atoms with Gasteiger partial charge in [0.2, 0.25) is 0 Å². The van der Waals surface area contributed by atoms with Crippen molar-refractivity contribution in [3.8, 4) is 0 Å². The first-order valence-corrected chi connectivity index (χ1v) is 7.22. The predicted molar refractivity (Wildman–Crippen MR) is 79.0 cm³/mol. The first-order chi connectivity index (χ1) is 9.52. The summed E-state index contributed by atoms with van der Waals surface area (Å²) < 4.78 is 13.5. The highest BCUT2D eigenvalue weighted by Gasteiger charge is 2.20. The Hall–Kier alpha value is -1.66. The summed E-state index contributed by atoms with van der Waals surface area (Å²) in [7, 11) is 0. The molecule has 1 atom stereocenters. The van der Waals surface area contributed by atoms with Crippen molar-refractivity contribution >= 4 is 34.3 Å². The number of nitrogens with zero attached hydrogens (tertiary/aromatic N) is 1. The molecule has 20 heavy (non-hydrogen) atoms. The molecule has 0 aliphatic carbocycles. The second-order valence-corrected chi connectivity index (χ2v) is 5.55. The van der Waals surface area contributed by atoms with Gasteiger partial charge in [-0.05, 0) is 17.9 Å². The van der Waals surface area contributed by atoms with Crippen LogP contribution in [-0.2, 0) is 0 Å². The van der Waals surface area contributed by atoms with Gasteiger partial charge in [0.05, 0.1) is 16.0 Å². The molecule has 7 heteroatoms. The van der Waals surface area contributed by atoms with E-state index in [1.807, 2.05) is 24.4 Å². The monoisotopic (exact) mass is 314 g/mol. The van der Waals surface area contributed by atoms with Crippen molar-refractivity contribution in [3.63, 3.8) is 0 Å². The van der Waals surface area contributed by atoms with E-state index in [2.05, 4.69) is 5.32 Å². The maximum atomic E-state index is 13.5. The molecule has 0 saturated carbocycles. The van der Waals surface area contributed by atoms with Crippen molar-refractivity contribution in [1.82, 2.24) is 0 Å². The molecular weight excluding hydrogens is 303 g/mol. The van der Waals surface area contributed by atoms with E-state index in [0.717, 1.165) is 23.4 Å². The topological polar surface area (TPSA) is 55.2 Å². The summed E-state index contributed by atoms with van der Waals surface area (Å²) >= 11 is 7.14. The molecule has 0 spiro atoms. The van der Waals surface area contributed by atoms with Gasteiger partial charge >= 0.3 is 0 Å². The van der Waals surface area contributed by atoms with Gasteiger partial charge in [-0.15, -0.1) is 11.3 Å². The normalized spacial score (nSPS) is 12.2. The average molecular weight is 315 g/mol. The predicted octanol–water partition coefficient (Wildman–Crippen LogP) is 5.01. The molecular formula is C13H12ClFN2O2S. The number of hydrogen-bond acceptors (Lipinski definition) is 4. The van der Waals surface area contributed by atoms with Crippen LogP contribution in [0.2, 0.25) is 5.02 Å². The van der Waals surface area contributed by atoms with Gasteiger partial charge < -0.3 is 5.32 Å². The Bertz CT molecular complexity index is 619. The fourth-order valence-corrected chi connectivity index (χ4v) is 2.87. The minimum Gasteiger partial charge on any atom is -0.372 e. The Morgan fingerprint density at radius 1 is 1.55 bits per heavy atom. The summed E-state index contributed by atoms with van der Waals surface area (Å²) in [5.41, 5.74) is -0.0939. The highest BCUT2D eigenvalue weighted by Crippen LogP contribution is 2.34. The number of rotatable bonds is 5. The second kappa shape index (κ2) is 6.19. The van der Waals surface area contributed by atoms with Crippen LogP contribution in [0.15, 0.2) is 29.6 Å². The standard InChI is InChI=1S/C13H12ClFN2O2S/c1-2-10(13-4-3-5-20-13)16-11-7-9(15)8(14)6-12(11)17(18)19/h3-7,10,16H,2H2,1H3. The minimum absolute atomic E-state index is 0.103. The Morgan fingerprint density at radius 3 is 2.85 bits per heavy atom. The summed E-state index contributed by atoms with van der Waals surface area (Å²) in [6.45, 7) is 1.95. The van der Waals surface area contributed by atoms with E-state index in [1.54, 1.807) is 11.3 Å². The lowest BCUT2D eigenvalue weighted by Crippen LogP contribution is -2.10. The molecule has 0 radical (unpaired) electrons. The average Bonchev–Trinajstić information content (AvgIpc) is 2.93. The van der Waals surface area contributed by atoms with E-state index >= 15 is 0 Å². The molecule has 1 N–H and O–H groups in total. The maximum Gasteiger partial charge on any atom is 0.294 e. The van der Waals surface area contributed by atoms with E-state index in [1.165, 1.54) is 0 Å². The van der Waals surface area contributed by atoms with Crippen molar-refractivity contribution < 1.29 is 9.31 Å².